The number of rotatable bonds is 5. The van der Waals surface area contributed by atoms with Gasteiger partial charge in [-0.1, -0.05) is 18.2 Å². The van der Waals surface area contributed by atoms with Crippen LogP contribution in [0.5, 0.6) is 0 Å². The molecule has 0 saturated heterocycles. The first kappa shape index (κ1) is 17.1. The highest BCUT2D eigenvalue weighted by Crippen LogP contribution is 2.21. The van der Waals surface area contributed by atoms with E-state index in [4.69, 9.17) is 0 Å². The lowest BCUT2D eigenvalue weighted by Gasteiger charge is -2.16. The molecule has 2 aromatic carbocycles. The number of nitro benzene ring substituents is 1. The van der Waals surface area contributed by atoms with E-state index in [0.717, 1.165) is 16.7 Å². The summed E-state index contributed by atoms with van der Waals surface area (Å²) in [6.45, 7) is 5.72. The third-order valence-corrected chi connectivity index (χ3v) is 5.28. The molecule has 23 heavy (non-hydrogen) atoms. The number of nitro groups is 1. The fraction of sp³-hybridized carbons (Fsp3) is 0.250. The van der Waals surface area contributed by atoms with E-state index in [1.807, 2.05) is 32.0 Å². The van der Waals surface area contributed by atoms with Crippen LogP contribution in [0.1, 0.15) is 29.7 Å². The highest BCUT2D eigenvalue weighted by Gasteiger charge is 2.19. The summed E-state index contributed by atoms with van der Waals surface area (Å²) in [7, 11) is -3.75. The van der Waals surface area contributed by atoms with Gasteiger partial charge in [-0.05, 0) is 49.6 Å². The van der Waals surface area contributed by atoms with Gasteiger partial charge in [0.25, 0.3) is 5.69 Å². The van der Waals surface area contributed by atoms with Crippen LogP contribution in [0.4, 0.5) is 5.69 Å². The Bertz CT molecular complexity index is 830. The first-order chi connectivity index (χ1) is 10.7. The summed E-state index contributed by atoms with van der Waals surface area (Å²) in [6.07, 6.45) is 0. The Labute approximate surface area is 135 Å². The van der Waals surface area contributed by atoms with Crippen LogP contribution in [0.2, 0.25) is 0 Å². The molecule has 0 saturated carbocycles. The number of nitrogens with one attached hydrogen (secondary N) is 1. The Hall–Kier alpha value is -2.25. The van der Waals surface area contributed by atoms with Crippen LogP contribution in [0.3, 0.4) is 0 Å². The standard InChI is InChI=1S/C16H18N2O4S/c1-11-4-5-14(10-12(11)2)13(3)17-23(21,22)16-8-6-15(7-9-16)18(19)20/h4-10,13,17H,1-3H3. The quantitative estimate of drug-likeness (QED) is 0.671. The van der Waals surface area contributed by atoms with Crippen LogP contribution < -0.4 is 4.72 Å². The van der Waals surface area contributed by atoms with Crippen LogP contribution in [-0.2, 0) is 10.0 Å². The van der Waals surface area contributed by atoms with Gasteiger partial charge in [-0.15, -0.1) is 0 Å². The van der Waals surface area contributed by atoms with E-state index in [2.05, 4.69) is 4.72 Å². The fourth-order valence-corrected chi connectivity index (χ4v) is 3.38. The predicted octanol–water partition coefficient (Wildman–Crippen LogP) is 3.25. The second-order valence-electron chi connectivity index (χ2n) is 5.44. The van der Waals surface area contributed by atoms with E-state index in [1.165, 1.54) is 24.3 Å². The van der Waals surface area contributed by atoms with Gasteiger partial charge in [0.15, 0.2) is 0 Å². The maximum atomic E-state index is 12.4. The highest BCUT2D eigenvalue weighted by atomic mass is 32.2. The first-order valence-electron chi connectivity index (χ1n) is 7.04. The molecule has 0 heterocycles. The van der Waals surface area contributed by atoms with Crippen LogP contribution >= 0.6 is 0 Å². The number of hydrogen-bond donors (Lipinski definition) is 1. The third kappa shape index (κ3) is 3.94. The minimum atomic E-state index is -3.75. The molecule has 0 radical (unpaired) electrons. The average Bonchev–Trinajstić information content (AvgIpc) is 2.49. The molecule has 2 aromatic rings. The largest absolute Gasteiger partial charge is 0.269 e. The Balaban J connectivity index is 2.22. The van der Waals surface area contributed by atoms with Crippen molar-refractivity contribution in [1.82, 2.24) is 4.72 Å². The minimum Gasteiger partial charge on any atom is -0.258 e. The number of benzene rings is 2. The third-order valence-electron chi connectivity index (χ3n) is 3.72. The van der Waals surface area contributed by atoms with E-state index in [1.54, 1.807) is 6.92 Å². The molecule has 0 aliphatic carbocycles. The van der Waals surface area contributed by atoms with Crippen molar-refractivity contribution in [1.29, 1.82) is 0 Å². The number of hydrogen-bond acceptors (Lipinski definition) is 4. The average molecular weight is 334 g/mol. The molecule has 6 nitrogen and oxygen atoms in total. The summed E-state index contributed by atoms with van der Waals surface area (Å²) < 4.78 is 27.3. The van der Waals surface area contributed by atoms with Gasteiger partial charge < -0.3 is 0 Å². The fourth-order valence-electron chi connectivity index (χ4n) is 2.15. The number of non-ortho nitro benzene ring substituents is 1. The lowest BCUT2D eigenvalue weighted by molar-refractivity contribution is -0.384. The molecule has 0 amide bonds. The molecule has 1 atom stereocenters. The molecule has 122 valence electrons. The summed E-state index contributed by atoms with van der Waals surface area (Å²) in [5.74, 6) is 0. The van der Waals surface area contributed by atoms with Crippen LogP contribution in [-0.4, -0.2) is 13.3 Å². The topological polar surface area (TPSA) is 89.3 Å². The molecule has 0 bridgehead atoms. The maximum Gasteiger partial charge on any atom is 0.269 e. The van der Waals surface area contributed by atoms with Crippen LogP contribution in [0, 0.1) is 24.0 Å². The molecule has 7 heteroatoms. The zero-order valence-corrected chi connectivity index (χ0v) is 13.9. The lowest BCUT2D eigenvalue weighted by Crippen LogP contribution is -2.27. The van der Waals surface area contributed by atoms with Crippen molar-refractivity contribution < 1.29 is 13.3 Å². The van der Waals surface area contributed by atoms with Gasteiger partial charge in [0, 0.05) is 18.2 Å². The molecule has 2 rings (SSSR count). The second kappa shape index (κ2) is 6.47. The number of sulfonamides is 1. The summed E-state index contributed by atoms with van der Waals surface area (Å²) in [4.78, 5) is 10.1. The molecule has 0 aromatic heterocycles. The van der Waals surface area contributed by atoms with Crippen molar-refractivity contribution in [2.75, 3.05) is 0 Å². The zero-order chi connectivity index (χ0) is 17.2. The van der Waals surface area contributed by atoms with Crippen molar-refractivity contribution in [2.45, 2.75) is 31.7 Å². The normalized spacial score (nSPS) is 12.8. The Kier molecular flexibility index (Phi) is 4.82. The van der Waals surface area contributed by atoms with Gasteiger partial charge in [0.2, 0.25) is 10.0 Å². The number of nitrogens with zero attached hydrogens (tertiary/aromatic N) is 1. The van der Waals surface area contributed by atoms with E-state index in [0.29, 0.717) is 0 Å². The molecular weight excluding hydrogens is 316 g/mol. The molecule has 1 unspecified atom stereocenters. The lowest BCUT2D eigenvalue weighted by atomic mass is 10.0. The van der Waals surface area contributed by atoms with Gasteiger partial charge in [-0.25, -0.2) is 13.1 Å². The molecule has 0 aliphatic heterocycles. The Morgan fingerprint density at radius 2 is 1.65 bits per heavy atom. The van der Waals surface area contributed by atoms with Crippen LogP contribution in [0.25, 0.3) is 0 Å². The monoisotopic (exact) mass is 334 g/mol. The highest BCUT2D eigenvalue weighted by molar-refractivity contribution is 7.89. The number of aryl methyl sites for hydroxylation is 2. The second-order valence-corrected chi connectivity index (χ2v) is 7.15. The summed E-state index contributed by atoms with van der Waals surface area (Å²) in [5.41, 5.74) is 2.94. The van der Waals surface area contributed by atoms with Crippen LogP contribution in [0.15, 0.2) is 47.4 Å². The van der Waals surface area contributed by atoms with E-state index >= 15 is 0 Å². The van der Waals surface area contributed by atoms with Crippen molar-refractivity contribution in [3.8, 4) is 0 Å². The Morgan fingerprint density at radius 1 is 1.04 bits per heavy atom. The zero-order valence-electron chi connectivity index (χ0n) is 13.1. The molecule has 0 spiro atoms. The molecule has 1 N–H and O–H groups in total. The molecule has 0 aliphatic rings. The summed E-state index contributed by atoms with van der Waals surface area (Å²) in [6, 6.07) is 10.2. The summed E-state index contributed by atoms with van der Waals surface area (Å²) >= 11 is 0. The van der Waals surface area contributed by atoms with Crippen molar-refractivity contribution in [3.05, 3.63) is 69.3 Å². The Morgan fingerprint density at radius 3 is 2.17 bits per heavy atom. The summed E-state index contributed by atoms with van der Waals surface area (Å²) in [5, 5.41) is 10.6. The van der Waals surface area contributed by atoms with E-state index < -0.39 is 21.0 Å². The van der Waals surface area contributed by atoms with Gasteiger partial charge >= 0.3 is 0 Å². The smallest absolute Gasteiger partial charge is 0.258 e. The molecule has 0 fully saturated rings. The van der Waals surface area contributed by atoms with Gasteiger partial charge in [-0.2, -0.15) is 0 Å². The SMILES string of the molecule is Cc1ccc(C(C)NS(=O)(=O)c2ccc([N+](=O)[O-])cc2)cc1C. The van der Waals surface area contributed by atoms with Gasteiger partial charge in [0.05, 0.1) is 9.82 Å². The molecular formula is C16H18N2O4S. The van der Waals surface area contributed by atoms with E-state index in [-0.39, 0.29) is 10.6 Å². The van der Waals surface area contributed by atoms with Crippen molar-refractivity contribution in [2.24, 2.45) is 0 Å². The predicted molar refractivity (Wildman–Crippen MR) is 87.7 cm³/mol. The maximum absolute atomic E-state index is 12.4. The first-order valence-corrected chi connectivity index (χ1v) is 8.53. The van der Waals surface area contributed by atoms with E-state index in [9.17, 15) is 18.5 Å². The minimum absolute atomic E-state index is 0.00113. The van der Waals surface area contributed by atoms with Gasteiger partial charge in [0.1, 0.15) is 0 Å². The van der Waals surface area contributed by atoms with Crippen molar-refractivity contribution >= 4 is 15.7 Å². The van der Waals surface area contributed by atoms with Crippen molar-refractivity contribution in [3.63, 3.8) is 0 Å². The van der Waals surface area contributed by atoms with Gasteiger partial charge in [-0.3, -0.25) is 10.1 Å².